The lowest BCUT2D eigenvalue weighted by Gasteiger charge is -2.07. The van der Waals surface area contributed by atoms with E-state index in [0.717, 1.165) is 5.39 Å². The predicted molar refractivity (Wildman–Crippen MR) is 73.3 cm³/mol. The van der Waals surface area contributed by atoms with Gasteiger partial charge in [-0.2, -0.15) is 0 Å². The summed E-state index contributed by atoms with van der Waals surface area (Å²) in [5.41, 5.74) is 0.262. The van der Waals surface area contributed by atoms with Crippen LogP contribution in [0.2, 0.25) is 0 Å². The smallest absolute Gasteiger partial charge is 0.266 e. The maximum Gasteiger partial charge on any atom is 0.266 e. The average molecular weight is 278 g/mol. The van der Waals surface area contributed by atoms with Crippen molar-refractivity contribution < 1.29 is 13.2 Å². The Hall–Kier alpha value is -1.95. The molecule has 100 valence electrons. The van der Waals surface area contributed by atoms with E-state index < -0.39 is 15.9 Å². The third-order valence-corrected chi connectivity index (χ3v) is 4.08. The highest BCUT2D eigenvalue weighted by Gasteiger charge is 2.17. The standard InChI is InChI=1S/C13H14N2O3S/c1-2-7-19(17,18)15-13(16)12-9-14-8-10-5-3-4-6-11(10)12/h3-6,8-9H,2,7H2,1H3,(H,15,16). The largest absolute Gasteiger partial charge is 0.268 e. The topological polar surface area (TPSA) is 76.1 Å². The predicted octanol–water partition coefficient (Wildman–Crippen LogP) is 1.70. The number of nitrogens with zero attached hydrogens (tertiary/aromatic N) is 1. The molecule has 2 rings (SSSR count). The van der Waals surface area contributed by atoms with Gasteiger partial charge in [-0.3, -0.25) is 9.78 Å². The fourth-order valence-electron chi connectivity index (χ4n) is 1.81. The molecule has 0 saturated heterocycles. The molecular weight excluding hydrogens is 264 g/mol. The molecule has 0 fully saturated rings. The van der Waals surface area contributed by atoms with E-state index in [-0.39, 0.29) is 11.3 Å². The molecule has 2 aromatic rings. The molecule has 1 N–H and O–H groups in total. The molecule has 0 atom stereocenters. The first-order chi connectivity index (χ1) is 9.03. The number of amides is 1. The fourth-order valence-corrected chi connectivity index (χ4v) is 2.85. The molecule has 1 amide bonds. The van der Waals surface area contributed by atoms with E-state index in [9.17, 15) is 13.2 Å². The molecule has 0 aliphatic rings. The van der Waals surface area contributed by atoms with Crippen LogP contribution < -0.4 is 4.72 Å². The van der Waals surface area contributed by atoms with Crippen LogP contribution in [0.1, 0.15) is 23.7 Å². The van der Waals surface area contributed by atoms with Crippen LogP contribution in [0.3, 0.4) is 0 Å². The van der Waals surface area contributed by atoms with Gasteiger partial charge in [0.05, 0.1) is 11.3 Å². The molecule has 0 saturated carbocycles. The Morgan fingerprint density at radius 1 is 1.26 bits per heavy atom. The van der Waals surface area contributed by atoms with Gasteiger partial charge in [-0.05, 0) is 11.8 Å². The number of carbonyl (C=O) groups is 1. The van der Waals surface area contributed by atoms with Crippen molar-refractivity contribution in [3.63, 3.8) is 0 Å². The Morgan fingerprint density at radius 2 is 2.00 bits per heavy atom. The van der Waals surface area contributed by atoms with Gasteiger partial charge in [0.25, 0.3) is 5.91 Å². The number of rotatable bonds is 4. The Labute approximate surface area is 111 Å². The SMILES string of the molecule is CCCS(=O)(=O)NC(=O)c1cncc2ccccc12. The molecule has 1 aromatic heterocycles. The van der Waals surface area contributed by atoms with Gasteiger partial charge >= 0.3 is 0 Å². The average Bonchev–Trinajstić information content (AvgIpc) is 2.37. The van der Waals surface area contributed by atoms with Gasteiger partial charge in [0.2, 0.25) is 10.0 Å². The summed E-state index contributed by atoms with van der Waals surface area (Å²) in [5.74, 6) is -0.713. The van der Waals surface area contributed by atoms with E-state index in [0.29, 0.717) is 11.8 Å². The first-order valence-corrected chi connectivity index (χ1v) is 7.56. The number of sulfonamides is 1. The van der Waals surface area contributed by atoms with Crippen molar-refractivity contribution in [3.05, 3.63) is 42.2 Å². The summed E-state index contributed by atoms with van der Waals surface area (Å²) in [7, 11) is -3.57. The lowest BCUT2D eigenvalue weighted by atomic mass is 10.1. The van der Waals surface area contributed by atoms with Crippen molar-refractivity contribution in [1.29, 1.82) is 0 Å². The monoisotopic (exact) mass is 278 g/mol. The van der Waals surface area contributed by atoms with Crippen LogP contribution in [0.4, 0.5) is 0 Å². The zero-order valence-electron chi connectivity index (χ0n) is 10.5. The fraction of sp³-hybridized carbons (Fsp3) is 0.231. The normalized spacial score (nSPS) is 11.4. The molecular formula is C13H14N2O3S. The molecule has 1 aromatic carbocycles. The highest BCUT2D eigenvalue weighted by atomic mass is 32.2. The van der Waals surface area contributed by atoms with E-state index in [2.05, 4.69) is 9.71 Å². The van der Waals surface area contributed by atoms with Gasteiger partial charge in [-0.1, -0.05) is 31.2 Å². The van der Waals surface area contributed by atoms with E-state index in [1.54, 1.807) is 25.3 Å². The number of pyridine rings is 1. The van der Waals surface area contributed by atoms with Crippen LogP contribution in [0.15, 0.2) is 36.7 Å². The maximum absolute atomic E-state index is 12.0. The Bertz CT molecular complexity index is 705. The van der Waals surface area contributed by atoms with E-state index in [1.165, 1.54) is 6.20 Å². The lowest BCUT2D eigenvalue weighted by molar-refractivity contribution is 0.0982. The lowest BCUT2D eigenvalue weighted by Crippen LogP contribution is -2.32. The van der Waals surface area contributed by atoms with Crippen LogP contribution in [0.25, 0.3) is 10.8 Å². The Balaban J connectivity index is 2.37. The van der Waals surface area contributed by atoms with Gasteiger partial charge < -0.3 is 0 Å². The zero-order valence-corrected chi connectivity index (χ0v) is 11.3. The first kappa shape index (κ1) is 13.5. The second-order valence-corrected chi connectivity index (χ2v) is 6.00. The first-order valence-electron chi connectivity index (χ1n) is 5.91. The number of hydrogen-bond donors (Lipinski definition) is 1. The van der Waals surface area contributed by atoms with Crippen molar-refractivity contribution in [2.24, 2.45) is 0 Å². The maximum atomic E-state index is 12.0. The van der Waals surface area contributed by atoms with Crippen LogP contribution in [0.5, 0.6) is 0 Å². The molecule has 0 unspecified atom stereocenters. The van der Waals surface area contributed by atoms with Crippen molar-refractivity contribution in [1.82, 2.24) is 9.71 Å². The van der Waals surface area contributed by atoms with Gasteiger partial charge in [0.15, 0.2) is 0 Å². The summed E-state index contributed by atoms with van der Waals surface area (Å²) in [4.78, 5) is 16.0. The number of hydrogen-bond acceptors (Lipinski definition) is 4. The summed E-state index contributed by atoms with van der Waals surface area (Å²) in [6.45, 7) is 1.74. The molecule has 0 spiro atoms. The van der Waals surface area contributed by atoms with Gasteiger partial charge in [-0.25, -0.2) is 13.1 Å². The molecule has 5 nitrogen and oxygen atoms in total. The van der Waals surface area contributed by atoms with Crippen molar-refractivity contribution >= 4 is 26.7 Å². The molecule has 1 heterocycles. The van der Waals surface area contributed by atoms with E-state index in [4.69, 9.17) is 0 Å². The van der Waals surface area contributed by atoms with Crippen LogP contribution >= 0.6 is 0 Å². The van der Waals surface area contributed by atoms with Crippen molar-refractivity contribution in [3.8, 4) is 0 Å². The minimum absolute atomic E-state index is 0.0725. The second-order valence-electron chi connectivity index (χ2n) is 4.16. The number of carbonyl (C=O) groups excluding carboxylic acids is 1. The third-order valence-electron chi connectivity index (χ3n) is 2.63. The summed E-state index contributed by atoms with van der Waals surface area (Å²) in [6.07, 6.45) is 3.46. The quantitative estimate of drug-likeness (QED) is 0.923. The third kappa shape index (κ3) is 3.08. The number of fused-ring (bicyclic) bond motifs is 1. The number of aromatic nitrogens is 1. The summed E-state index contributed by atoms with van der Waals surface area (Å²) in [6, 6.07) is 7.21. The highest BCUT2D eigenvalue weighted by molar-refractivity contribution is 7.90. The molecule has 0 bridgehead atoms. The van der Waals surface area contributed by atoms with E-state index in [1.807, 2.05) is 12.1 Å². The van der Waals surface area contributed by atoms with Crippen molar-refractivity contribution in [2.45, 2.75) is 13.3 Å². The van der Waals surface area contributed by atoms with Crippen LogP contribution in [-0.4, -0.2) is 25.1 Å². The number of benzene rings is 1. The van der Waals surface area contributed by atoms with Crippen molar-refractivity contribution in [2.75, 3.05) is 5.75 Å². The van der Waals surface area contributed by atoms with Gasteiger partial charge in [0.1, 0.15) is 0 Å². The Kier molecular flexibility index (Phi) is 3.80. The van der Waals surface area contributed by atoms with Gasteiger partial charge in [0, 0.05) is 17.8 Å². The van der Waals surface area contributed by atoms with Crippen LogP contribution in [0, 0.1) is 0 Å². The second kappa shape index (κ2) is 5.36. The minimum Gasteiger partial charge on any atom is -0.268 e. The van der Waals surface area contributed by atoms with Crippen LogP contribution in [-0.2, 0) is 10.0 Å². The molecule has 0 aliphatic carbocycles. The number of nitrogens with one attached hydrogen (secondary N) is 1. The Morgan fingerprint density at radius 3 is 2.74 bits per heavy atom. The zero-order chi connectivity index (χ0) is 13.9. The molecule has 19 heavy (non-hydrogen) atoms. The summed E-state index contributed by atoms with van der Waals surface area (Å²) < 4.78 is 25.3. The van der Waals surface area contributed by atoms with E-state index >= 15 is 0 Å². The molecule has 0 radical (unpaired) electrons. The minimum atomic E-state index is -3.57. The summed E-state index contributed by atoms with van der Waals surface area (Å²) >= 11 is 0. The summed E-state index contributed by atoms with van der Waals surface area (Å²) in [5, 5.41) is 1.48. The van der Waals surface area contributed by atoms with Gasteiger partial charge in [-0.15, -0.1) is 0 Å². The highest BCUT2D eigenvalue weighted by Crippen LogP contribution is 2.17. The molecule has 0 aliphatic heterocycles. The molecule has 6 heteroatoms.